The van der Waals surface area contributed by atoms with Gasteiger partial charge in [-0.05, 0) is 60.4 Å². The van der Waals surface area contributed by atoms with Gasteiger partial charge in [0.2, 0.25) is 0 Å². The molecular formula is C24H25FN2O2S. The molecule has 0 bridgehead atoms. The van der Waals surface area contributed by atoms with E-state index in [9.17, 15) is 9.18 Å². The summed E-state index contributed by atoms with van der Waals surface area (Å²) in [5, 5.41) is 7.36. The minimum Gasteiger partial charge on any atom is -0.457 e. The van der Waals surface area contributed by atoms with Gasteiger partial charge in [0.15, 0.2) is 6.17 Å². The average Bonchev–Trinajstić information content (AvgIpc) is 3.31. The largest absolute Gasteiger partial charge is 0.457 e. The maximum atomic E-state index is 14.1. The average molecular weight is 425 g/mol. The van der Waals surface area contributed by atoms with Crippen molar-refractivity contribution in [2.75, 3.05) is 5.32 Å². The molecule has 0 unspecified atom stereocenters. The van der Waals surface area contributed by atoms with E-state index in [1.54, 1.807) is 41.7 Å². The zero-order valence-electron chi connectivity index (χ0n) is 17.3. The molecule has 3 heterocycles. The van der Waals surface area contributed by atoms with Gasteiger partial charge in [0, 0.05) is 4.88 Å². The summed E-state index contributed by atoms with van der Waals surface area (Å²) in [7, 11) is 0. The maximum Gasteiger partial charge on any atom is 0.256 e. The zero-order valence-corrected chi connectivity index (χ0v) is 18.2. The van der Waals surface area contributed by atoms with Crippen LogP contribution in [0.2, 0.25) is 0 Å². The molecule has 1 aromatic carbocycles. The summed E-state index contributed by atoms with van der Waals surface area (Å²) in [5.41, 5.74) is 2.66. The van der Waals surface area contributed by atoms with E-state index in [1.165, 1.54) is 16.5 Å². The zero-order chi connectivity index (χ0) is 21.0. The SMILES string of the molecule is CC(C)(C)[C@@H]1CCc2c(sc3c2C(=O)N[C@@H](c2ccc(-c4ccccc4F)o2)N3)C1. The molecule has 4 nitrogen and oxygen atoms in total. The van der Waals surface area contributed by atoms with Gasteiger partial charge >= 0.3 is 0 Å². The van der Waals surface area contributed by atoms with Gasteiger partial charge in [-0.15, -0.1) is 11.3 Å². The Hall–Kier alpha value is -2.60. The normalized spacial score (nSPS) is 20.9. The van der Waals surface area contributed by atoms with Crippen molar-refractivity contribution < 1.29 is 13.6 Å². The number of rotatable bonds is 2. The third-order valence-corrected chi connectivity index (χ3v) is 7.50. The van der Waals surface area contributed by atoms with Crippen LogP contribution in [0, 0.1) is 17.2 Å². The topological polar surface area (TPSA) is 54.3 Å². The molecule has 3 aromatic rings. The predicted molar refractivity (Wildman–Crippen MR) is 117 cm³/mol. The van der Waals surface area contributed by atoms with Gasteiger partial charge in [-0.3, -0.25) is 4.79 Å². The van der Waals surface area contributed by atoms with Crippen LogP contribution in [-0.2, 0) is 12.8 Å². The number of nitrogens with one attached hydrogen (secondary N) is 2. The second kappa shape index (κ2) is 6.98. The number of hydrogen-bond donors (Lipinski definition) is 2. The van der Waals surface area contributed by atoms with Crippen molar-refractivity contribution in [2.24, 2.45) is 11.3 Å². The lowest BCUT2D eigenvalue weighted by molar-refractivity contribution is 0.0930. The molecule has 0 saturated heterocycles. The van der Waals surface area contributed by atoms with Gasteiger partial charge < -0.3 is 15.1 Å². The molecule has 2 N–H and O–H groups in total. The van der Waals surface area contributed by atoms with Crippen LogP contribution in [0.5, 0.6) is 0 Å². The van der Waals surface area contributed by atoms with Crippen LogP contribution in [0.25, 0.3) is 11.3 Å². The van der Waals surface area contributed by atoms with Crippen molar-refractivity contribution in [3.63, 3.8) is 0 Å². The lowest BCUT2D eigenvalue weighted by atomic mass is 9.72. The summed E-state index contributed by atoms with van der Waals surface area (Å²) in [6.45, 7) is 6.88. The highest BCUT2D eigenvalue weighted by Gasteiger charge is 2.37. The number of halogens is 1. The highest BCUT2D eigenvalue weighted by Crippen LogP contribution is 2.46. The van der Waals surface area contributed by atoms with Crippen LogP contribution in [0.1, 0.15) is 59.9 Å². The molecule has 0 fully saturated rings. The Morgan fingerprint density at radius 3 is 2.70 bits per heavy atom. The van der Waals surface area contributed by atoms with E-state index in [0.29, 0.717) is 23.0 Å². The van der Waals surface area contributed by atoms with Crippen LogP contribution in [0.15, 0.2) is 40.8 Å². The van der Waals surface area contributed by atoms with Crippen molar-refractivity contribution >= 4 is 22.2 Å². The number of carbonyl (C=O) groups excluding carboxylic acids is 1. The lowest BCUT2D eigenvalue weighted by Gasteiger charge is -2.34. The monoisotopic (exact) mass is 424 g/mol. The molecule has 156 valence electrons. The molecule has 0 saturated carbocycles. The van der Waals surface area contributed by atoms with Gasteiger partial charge in [-0.25, -0.2) is 4.39 Å². The fourth-order valence-corrected chi connectivity index (χ4v) is 5.85. The summed E-state index contributed by atoms with van der Waals surface area (Å²) in [4.78, 5) is 14.3. The molecule has 1 aliphatic carbocycles. The highest BCUT2D eigenvalue weighted by molar-refractivity contribution is 7.16. The molecule has 2 aromatic heterocycles. The number of carbonyl (C=O) groups is 1. The van der Waals surface area contributed by atoms with Crippen LogP contribution in [-0.4, -0.2) is 5.91 Å². The first kappa shape index (κ1) is 19.4. The molecule has 6 heteroatoms. The molecule has 2 aliphatic rings. The number of fused-ring (bicyclic) bond motifs is 3. The number of anilines is 1. The minimum absolute atomic E-state index is 0.0655. The summed E-state index contributed by atoms with van der Waals surface area (Å²) in [6.07, 6.45) is 2.61. The van der Waals surface area contributed by atoms with Crippen molar-refractivity contribution in [3.8, 4) is 11.3 Å². The van der Waals surface area contributed by atoms with E-state index in [-0.39, 0.29) is 17.1 Å². The van der Waals surface area contributed by atoms with Crippen molar-refractivity contribution in [1.82, 2.24) is 5.32 Å². The smallest absolute Gasteiger partial charge is 0.256 e. The first-order valence-electron chi connectivity index (χ1n) is 10.4. The van der Waals surface area contributed by atoms with Crippen molar-refractivity contribution in [2.45, 2.75) is 46.2 Å². The quantitative estimate of drug-likeness (QED) is 0.519. The van der Waals surface area contributed by atoms with Gasteiger partial charge in [-0.2, -0.15) is 0 Å². The van der Waals surface area contributed by atoms with Gasteiger partial charge in [-0.1, -0.05) is 32.9 Å². The molecule has 30 heavy (non-hydrogen) atoms. The third-order valence-electron chi connectivity index (χ3n) is 6.32. The Bertz CT molecular complexity index is 1120. The number of amides is 1. The van der Waals surface area contributed by atoms with E-state index < -0.39 is 6.17 Å². The predicted octanol–water partition coefficient (Wildman–Crippen LogP) is 6.15. The maximum absolute atomic E-state index is 14.1. The van der Waals surface area contributed by atoms with Gasteiger partial charge in [0.1, 0.15) is 22.3 Å². The summed E-state index contributed by atoms with van der Waals surface area (Å²) < 4.78 is 20.0. The number of thiophene rings is 1. The van der Waals surface area contributed by atoms with Crippen LogP contribution < -0.4 is 10.6 Å². The van der Waals surface area contributed by atoms with E-state index in [0.717, 1.165) is 29.8 Å². The molecule has 1 amide bonds. The number of benzene rings is 1. The third kappa shape index (κ3) is 3.23. The Labute approximate surface area is 179 Å². The molecule has 1 aliphatic heterocycles. The lowest BCUT2D eigenvalue weighted by Crippen LogP contribution is -2.38. The second-order valence-electron chi connectivity index (χ2n) is 9.25. The summed E-state index contributed by atoms with van der Waals surface area (Å²) in [5.74, 6) is 1.23. The fourth-order valence-electron chi connectivity index (χ4n) is 4.49. The molecular weight excluding hydrogens is 399 g/mol. The van der Waals surface area contributed by atoms with E-state index in [1.807, 2.05) is 0 Å². The highest BCUT2D eigenvalue weighted by atomic mass is 32.1. The molecule has 5 rings (SSSR count). The Morgan fingerprint density at radius 2 is 1.93 bits per heavy atom. The number of furan rings is 1. The number of hydrogen-bond acceptors (Lipinski definition) is 4. The first-order chi connectivity index (χ1) is 14.3. The van der Waals surface area contributed by atoms with E-state index in [2.05, 4.69) is 31.4 Å². The van der Waals surface area contributed by atoms with Crippen molar-refractivity contribution in [1.29, 1.82) is 0 Å². The first-order valence-corrected chi connectivity index (χ1v) is 11.2. The van der Waals surface area contributed by atoms with Gasteiger partial charge in [0.25, 0.3) is 5.91 Å². The van der Waals surface area contributed by atoms with Crippen LogP contribution in [0.3, 0.4) is 0 Å². The Kier molecular flexibility index (Phi) is 4.51. The van der Waals surface area contributed by atoms with Crippen molar-refractivity contribution in [3.05, 3.63) is 64.0 Å². The fraction of sp³-hybridized carbons (Fsp3) is 0.375. The Morgan fingerprint density at radius 1 is 1.13 bits per heavy atom. The molecule has 2 atom stereocenters. The summed E-state index contributed by atoms with van der Waals surface area (Å²) in [6, 6.07) is 10.0. The molecule has 0 radical (unpaired) electrons. The minimum atomic E-state index is -0.468. The van der Waals surface area contributed by atoms with E-state index in [4.69, 9.17) is 4.42 Å². The van der Waals surface area contributed by atoms with Crippen LogP contribution in [0.4, 0.5) is 9.39 Å². The standard InChI is InChI=1S/C24H25FN2O2S/c1-24(2,3)13-8-9-15-19(12-13)30-23-20(15)22(28)26-21(27-23)18-11-10-17(29-18)14-6-4-5-7-16(14)25/h4-7,10-11,13,21,27H,8-9,12H2,1-3H3,(H,26,28)/t13-,21-/m1/s1. The summed E-state index contributed by atoms with van der Waals surface area (Å²) >= 11 is 1.69. The van der Waals surface area contributed by atoms with Gasteiger partial charge in [0.05, 0.1) is 11.1 Å². The molecule has 0 spiro atoms. The van der Waals surface area contributed by atoms with E-state index >= 15 is 0 Å². The second-order valence-corrected chi connectivity index (χ2v) is 10.4. The van der Waals surface area contributed by atoms with Crippen LogP contribution >= 0.6 is 11.3 Å². The Balaban J connectivity index is 1.42.